The summed E-state index contributed by atoms with van der Waals surface area (Å²) in [5.41, 5.74) is 0.711. The second-order valence-electron chi connectivity index (χ2n) is 2.89. The average Bonchev–Trinajstić information content (AvgIpc) is 2.16. The minimum absolute atomic E-state index is 0.0594. The number of benzene rings is 1. The molecule has 0 aliphatic carbocycles. The molecule has 0 aliphatic rings. The van der Waals surface area contributed by atoms with E-state index in [1.54, 1.807) is 24.3 Å². The SMILES string of the molecule is C=C(C(=O)O)c1ccccc1C(C)=O. The minimum atomic E-state index is -1.11. The number of hydrogen-bond donors (Lipinski definition) is 1. The summed E-state index contributed by atoms with van der Waals surface area (Å²) >= 11 is 0. The van der Waals surface area contributed by atoms with Crippen molar-refractivity contribution in [3.8, 4) is 0 Å². The molecule has 0 bridgehead atoms. The van der Waals surface area contributed by atoms with Crippen LogP contribution in [0.2, 0.25) is 0 Å². The van der Waals surface area contributed by atoms with E-state index < -0.39 is 5.97 Å². The molecule has 0 saturated heterocycles. The fraction of sp³-hybridized carbons (Fsp3) is 0.0909. The summed E-state index contributed by atoms with van der Waals surface area (Å²) in [6, 6.07) is 6.53. The summed E-state index contributed by atoms with van der Waals surface area (Å²) in [7, 11) is 0. The van der Waals surface area contributed by atoms with E-state index in [0.29, 0.717) is 11.1 Å². The summed E-state index contributed by atoms with van der Waals surface area (Å²) < 4.78 is 0. The quantitative estimate of drug-likeness (QED) is 0.585. The Morgan fingerprint density at radius 1 is 1.21 bits per heavy atom. The molecule has 0 unspecified atom stereocenters. The van der Waals surface area contributed by atoms with Gasteiger partial charge in [-0.25, -0.2) is 4.79 Å². The molecule has 0 aromatic heterocycles. The zero-order chi connectivity index (χ0) is 10.7. The third kappa shape index (κ3) is 1.88. The first-order chi connectivity index (χ1) is 6.54. The third-order valence-electron chi connectivity index (χ3n) is 1.89. The molecular formula is C11H10O3. The van der Waals surface area contributed by atoms with E-state index in [1.807, 2.05) is 0 Å². The predicted octanol–water partition coefficient (Wildman–Crippen LogP) is 1.99. The van der Waals surface area contributed by atoms with Gasteiger partial charge in [-0.05, 0) is 12.5 Å². The maximum atomic E-state index is 11.2. The van der Waals surface area contributed by atoms with Gasteiger partial charge < -0.3 is 5.11 Å². The van der Waals surface area contributed by atoms with E-state index in [2.05, 4.69) is 6.58 Å². The largest absolute Gasteiger partial charge is 0.478 e. The van der Waals surface area contributed by atoms with Crippen LogP contribution in [-0.4, -0.2) is 16.9 Å². The molecule has 1 N–H and O–H groups in total. The van der Waals surface area contributed by atoms with Crippen molar-refractivity contribution in [2.45, 2.75) is 6.92 Å². The highest BCUT2D eigenvalue weighted by atomic mass is 16.4. The van der Waals surface area contributed by atoms with Crippen LogP contribution in [0.25, 0.3) is 5.57 Å². The zero-order valence-electron chi connectivity index (χ0n) is 7.78. The fourth-order valence-electron chi connectivity index (χ4n) is 1.17. The lowest BCUT2D eigenvalue weighted by Gasteiger charge is -2.05. The molecule has 0 fully saturated rings. The standard InChI is InChI=1S/C11H10O3/c1-7(11(13)14)9-5-3-4-6-10(9)8(2)12/h3-6H,1H2,2H3,(H,13,14). The van der Waals surface area contributed by atoms with Gasteiger partial charge in [0.05, 0.1) is 5.57 Å². The molecule has 1 aromatic carbocycles. The Kier molecular flexibility index (Phi) is 2.82. The lowest BCUT2D eigenvalue weighted by atomic mass is 9.99. The monoisotopic (exact) mass is 190 g/mol. The summed E-state index contributed by atoms with van der Waals surface area (Å²) in [5, 5.41) is 8.73. The first kappa shape index (κ1) is 10.2. The van der Waals surface area contributed by atoms with E-state index in [1.165, 1.54) is 6.92 Å². The van der Waals surface area contributed by atoms with Gasteiger partial charge >= 0.3 is 5.97 Å². The van der Waals surface area contributed by atoms with Crippen LogP contribution in [-0.2, 0) is 4.79 Å². The van der Waals surface area contributed by atoms with Gasteiger partial charge in [0.15, 0.2) is 5.78 Å². The Hall–Kier alpha value is -1.90. The highest BCUT2D eigenvalue weighted by Gasteiger charge is 2.13. The maximum absolute atomic E-state index is 11.2. The zero-order valence-corrected chi connectivity index (χ0v) is 7.78. The first-order valence-corrected chi connectivity index (χ1v) is 4.06. The first-order valence-electron chi connectivity index (χ1n) is 4.06. The number of carboxylic acids is 1. The molecule has 0 amide bonds. The van der Waals surface area contributed by atoms with Gasteiger partial charge in [0.25, 0.3) is 0 Å². The van der Waals surface area contributed by atoms with Crippen molar-refractivity contribution in [3.63, 3.8) is 0 Å². The van der Waals surface area contributed by atoms with Crippen molar-refractivity contribution < 1.29 is 14.7 Å². The number of aliphatic carboxylic acids is 1. The Balaban J connectivity index is 3.27. The molecule has 0 aliphatic heterocycles. The number of carbonyl (C=O) groups excluding carboxylic acids is 1. The van der Waals surface area contributed by atoms with Crippen LogP contribution < -0.4 is 0 Å². The molecule has 14 heavy (non-hydrogen) atoms. The van der Waals surface area contributed by atoms with Crippen LogP contribution >= 0.6 is 0 Å². The van der Waals surface area contributed by atoms with Gasteiger partial charge in [-0.15, -0.1) is 0 Å². The number of ketones is 1. The molecular weight excluding hydrogens is 180 g/mol. The Morgan fingerprint density at radius 3 is 2.14 bits per heavy atom. The molecule has 0 heterocycles. The fourth-order valence-corrected chi connectivity index (χ4v) is 1.17. The topological polar surface area (TPSA) is 54.4 Å². The molecule has 3 nitrogen and oxygen atoms in total. The predicted molar refractivity (Wildman–Crippen MR) is 53.1 cm³/mol. The molecule has 0 atom stereocenters. The smallest absolute Gasteiger partial charge is 0.335 e. The van der Waals surface area contributed by atoms with Crippen molar-refractivity contribution >= 4 is 17.3 Å². The van der Waals surface area contributed by atoms with Crippen LogP contribution in [0.5, 0.6) is 0 Å². The van der Waals surface area contributed by atoms with Gasteiger partial charge in [-0.1, -0.05) is 30.8 Å². The third-order valence-corrected chi connectivity index (χ3v) is 1.89. The molecule has 0 saturated carbocycles. The molecule has 1 rings (SSSR count). The van der Waals surface area contributed by atoms with Crippen molar-refractivity contribution in [2.24, 2.45) is 0 Å². The van der Waals surface area contributed by atoms with Crippen LogP contribution in [0.15, 0.2) is 30.8 Å². The van der Waals surface area contributed by atoms with Gasteiger partial charge in [0.2, 0.25) is 0 Å². The van der Waals surface area contributed by atoms with E-state index in [4.69, 9.17) is 5.11 Å². The van der Waals surface area contributed by atoms with Crippen LogP contribution in [0.3, 0.4) is 0 Å². The summed E-state index contributed by atoms with van der Waals surface area (Å²) in [6.45, 7) is 4.81. The second-order valence-corrected chi connectivity index (χ2v) is 2.89. The average molecular weight is 190 g/mol. The van der Waals surface area contributed by atoms with Crippen LogP contribution in [0, 0.1) is 0 Å². The Bertz CT molecular complexity index is 405. The number of rotatable bonds is 3. The van der Waals surface area contributed by atoms with E-state index in [-0.39, 0.29) is 11.4 Å². The maximum Gasteiger partial charge on any atom is 0.335 e. The van der Waals surface area contributed by atoms with Crippen molar-refractivity contribution in [3.05, 3.63) is 42.0 Å². The second kappa shape index (κ2) is 3.87. The molecule has 0 radical (unpaired) electrons. The molecule has 0 spiro atoms. The van der Waals surface area contributed by atoms with Crippen molar-refractivity contribution in [1.82, 2.24) is 0 Å². The highest BCUT2D eigenvalue weighted by molar-refractivity contribution is 6.17. The van der Waals surface area contributed by atoms with E-state index in [9.17, 15) is 9.59 Å². The highest BCUT2D eigenvalue weighted by Crippen LogP contribution is 2.18. The summed E-state index contributed by atoms with van der Waals surface area (Å²) in [5.74, 6) is -1.28. The van der Waals surface area contributed by atoms with Crippen LogP contribution in [0.1, 0.15) is 22.8 Å². The van der Waals surface area contributed by atoms with Gasteiger partial charge in [-0.3, -0.25) is 4.79 Å². The summed E-state index contributed by atoms with van der Waals surface area (Å²) in [4.78, 5) is 21.8. The number of carbonyl (C=O) groups is 2. The van der Waals surface area contributed by atoms with Gasteiger partial charge in [0, 0.05) is 5.56 Å². The minimum Gasteiger partial charge on any atom is -0.478 e. The lowest BCUT2D eigenvalue weighted by molar-refractivity contribution is -0.130. The number of carboxylic acid groups (broad SMARTS) is 1. The Labute approximate surface area is 81.7 Å². The number of hydrogen-bond acceptors (Lipinski definition) is 2. The Morgan fingerprint density at radius 2 is 1.71 bits per heavy atom. The molecule has 1 aromatic rings. The normalized spacial score (nSPS) is 9.50. The van der Waals surface area contributed by atoms with Gasteiger partial charge in [-0.2, -0.15) is 0 Å². The van der Waals surface area contributed by atoms with Crippen molar-refractivity contribution in [2.75, 3.05) is 0 Å². The van der Waals surface area contributed by atoms with Crippen molar-refractivity contribution in [1.29, 1.82) is 0 Å². The lowest BCUT2D eigenvalue weighted by Crippen LogP contribution is -2.04. The molecule has 72 valence electrons. The van der Waals surface area contributed by atoms with Gasteiger partial charge in [0.1, 0.15) is 0 Å². The van der Waals surface area contributed by atoms with E-state index >= 15 is 0 Å². The molecule has 3 heteroatoms. The van der Waals surface area contributed by atoms with E-state index in [0.717, 1.165) is 0 Å². The number of Topliss-reactive ketones (excluding diaryl/α,β-unsaturated/α-hetero) is 1. The summed E-state index contributed by atoms with van der Waals surface area (Å²) in [6.07, 6.45) is 0. The van der Waals surface area contributed by atoms with Crippen LogP contribution in [0.4, 0.5) is 0 Å².